The summed E-state index contributed by atoms with van der Waals surface area (Å²) in [6.45, 7) is 5.58. The van der Waals surface area contributed by atoms with Crippen LogP contribution in [-0.4, -0.2) is 18.5 Å². The molecule has 0 fully saturated rings. The van der Waals surface area contributed by atoms with Gasteiger partial charge in [0.25, 0.3) is 5.91 Å². The van der Waals surface area contributed by atoms with E-state index in [0.717, 1.165) is 33.2 Å². The summed E-state index contributed by atoms with van der Waals surface area (Å²) >= 11 is 0. The molecule has 1 amide bonds. The van der Waals surface area contributed by atoms with Crippen molar-refractivity contribution in [3.63, 3.8) is 0 Å². The van der Waals surface area contributed by atoms with Crippen LogP contribution in [0.25, 0.3) is 11.0 Å². The van der Waals surface area contributed by atoms with Gasteiger partial charge in [-0.25, -0.2) is 0 Å². The van der Waals surface area contributed by atoms with Crippen LogP contribution in [0, 0.1) is 20.8 Å². The summed E-state index contributed by atoms with van der Waals surface area (Å²) in [7, 11) is 0. The van der Waals surface area contributed by atoms with Gasteiger partial charge in [0.2, 0.25) is 0 Å². The maximum absolute atomic E-state index is 12.1. The molecule has 5 nitrogen and oxygen atoms in total. The number of esters is 1. The largest absolute Gasteiger partial charge is 0.464 e. The van der Waals surface area contributed by atoms with E-state index in [1.165, 1.54) is 0 Å². The van der Waals surface area contributed by atoms with E-state index in [2.05, 4.69) is 5.32 Å². The van der Waals surface area contributed by atoms with Crippen molar-refractivity contribution in [2.45, 2.75) is 27.2 Å². The Morgan fingerprint density at radius 2 is 1.81 bits per heavy atom. The number of carbonyl (C=O) groups excluding carboxylic acids is 2. The molecule has 0 atom stereocenters. The Morgan fingerprint density at radius 3 is 2.58 bits per heavy atom. The Balaban J connectivity index is 1.59. The number of hydrogen-bond acceptors (Lipinski definition) is 4. The number of para-hydroxylation sites is 1. The van der Waals surface area contributed by atoms with Gasteiger partial charge in [0.05, 0.1) is 12.7 Å². The van der Waals surface area contributed by atoms with E-state index < -0.39 is 5.97 Å². The predicted octanol–water partition coefficient (Wildman–Crippen LogP) is 4.08. The maximum Gasteiger partial charge on any atom is 0.310 e. The number of nitrogens with one attached hydrogen (secondary N) is 1. The van der Waals surface area contributed by atoms with Gasteiger partial charge in [0.1, 0.15) is 5.58 Å². The van der Waals surface area contributed by atoms with E-state index in [9.17, 15) is 9.59 Å². The Bertz CT molecular complexity index is 971. The lowest BCUT2D eigenvalue weighted by molar-refractivity contribution is -0.146. The summed E-state index contributed by atoms with van der Waals surface area (Å²) in [4.78, 5) is 24.0. The minimum Gasteiger partial charge on any atom is -0.464 e. The molecule has 0 spiro atoms. The van der Waals surface area contributed by atoms with E-state index in [-0.39, 0.29) is 18.9 Å². The Hall–Kier alpha value is -3.08. The summed E-state index contributed by atoms with van der Waals surface area (Å²) in [5.74, 6) is -0.831. The Morgan fingerprint density at radius 1 is 1.04 bits per heavy atom. The molecule has 1 aromatic heterocycles. The number of hydrogen-bond donors (Lipinski definition) is 1. The van der Waals surface area contributed by atoms with Crippen LogP contribution in [0.3, 0.4) is 0 Å². The highest BCUT2D eigenvalue weighted by Crippen LogP contribution is 2.26. The number of benzene rings is 2. The number of aryl methyl sites for hydroxylation is 3. The highest BCUT2D eigenvalue weighted by Gasteiger charge is 2.15. The van der Waals surface area contributed by atoms with Gasteiger partial charge in [0, 0.05) is 16.6 Å². The number of anilines is 1. The average molecular weight is 351 g/mol. The normalized spacial score (nSPS) is 10.7. The lowest BCUT2D eigenvalue weighted by Crippen LogP contribution is -2.22. The zero-order valence-electron chi connectivity index (χ0n) is 15.1. The highest BCUT2D eigenvalue weighted by atomic mass is 16.5. The van der Waals surface area contributed by atoms with Gasteiger partial charge < -0.3 is 14.5 Å². The topological polar surface area (TPSA) is 68.5 Å². The zero-order chi connectivity index (χ0) is 18.7. The van der Waals surface area contributed by atoms with E-state index in [1.54, 1.807) is 12.3 Å². The first-order chi connectivity index (χ1) is 12.5. The maximum atomic E-state index is 12.1. The molecule has 0 radical (unpaired) electrons. The highest BCUT2D eigenvalue weighted by molar-refractivity contribution is 5.94. The van der Waals surface area contributed by atoms with Crippen LogP contribution in [0.4, 0.5) is 5.69 Å². The van der Waals surface area contributed by atoms with Crippen LogP contribution in [0.5, 0.6) is 0 Å². The standard InChI is InChI=1S/C21H21NO4/c1-13-8-9-17-16(11-26-21(17)15(13)3)10-20(24)25-12-19(23)22-18-7-5-4-6-14(18)2/h4-9,11H,10,12H2,1-3H3,(H,22,23). The van der Waals surface area contributed by atoms with Crippen molar-refractivity contribution in [1.82, 2.24) is 0 Å². The summed E-state index contributed by atoms with van der Waals surface area (Å²) in [6.07, 6.45) is 1.64. The molecule has 0 saturated carbocycles. The van der Waals surface area contributed by atoms with E-state index >= 15 is 0 Å². The van der Waals surface area contributed by atoms with E-state index in [4.69, 9.17) is 9.15 Å². The first kappa shape index (κ1) is 17.7. The molecule has 5 heteroatoms. The minimum atomic E-state index is -0.467. The van der Waals surface area contributed by atoms with Gasteiger partial charge in [-0.1, -0.05) is 30.3 Å². The van der Waals surface area contributed by atoms with Crippen LogP contribution in [0.2, 0.25) is 0 Å². The Kier molecular flexibility index (Phi) is 5.07. The molecule has 2 aromatic carbocycles. The van der Waals surface area contributed by atoms with Crippen LogP contribution < -0.4 is 5.32 Å². The number of furan rings is 1. The fraction of sp³-hybridized carbons (Fsp3) is 0.238. The molecule has 0 saturated heterocycles. The lowest BCUT2D eigenvalue weighted by Gasteiger charge is -2.08. The molecule has 0 aliphatic rings. The second-order valence-corrected chi connectivity index (χ2v) is 6.35. The van der Waals surface area contributed by atoms with E-state index in [0.29, 0.717) is 5.69 Å². The molecule has 1 heterocycles. The number of ether oxygens (including phenoxy) is 1. The molecular formula is C21H21NO4. The molecule has 3 aromatic rings. The van der Waals surface area contributed by atoms with Crippen molar-refractivity contribution in [1.29, 1.82) is 0 Å². The number of rotatable bonds is 5. The third kappa shape index (κ3) is 3.77. The third-order valence-electron chi connectivity index (χ3n) is 4.46. The van der Waals surface area contributed by atoms with Crippen molar-refractivity contribution in [2.75, 3.05) is 11.9 Å². The van der Waals surface area contributed by atoms with Crippen molar-refractivity contribution < 1.29 is 18.7 Å². The van der Waals surface area contributed by atoms with Crippen LogP contribution in [-0.2, 0) is 20.7 Å². The third-order valence-corrected chi connectivity index (χ3v) is 4.46. The summed E-state index contributed by atoms with van der Waals surface area (Å²) < 4.78 is 10.7. The quantitative estimate of drug-likeness (QED) is 0.703. The number of fused-ring (bicyclic) bond motifs is 1. The second-order valence-electron chi connectivity index (χ2n) is 6.35. The zero-order valence-corrected chi connectivity index (χ0v) is 15.1. The first-order valence-corrected chi connectivity index (χ1v) is 8.43. The lowest BCUT2D eigenvalue weighted by atomic mass is 10.0. The van der Waals surface area contributed by atoms with Gasteiger partial charge >= 0.3 is 5.97 Å². The van der Waals surface area contributed by atoms with Gasteiger partial charge in [-0.05, 0) is 43.5 Å². The smallest absolute Gasteiger partial charge is 0.310 e. The predicted molar refractivity (Wildman–Crippen MR) is 100 cm³/mol. The number of amides is 1. The molecule has 0 unspecified atom stereocenters. The molecule has 134 valence electrons. The molecule has 26 heavy (non-hydrogen) atoms. The summed E-state index contributed by atoms with van der Waals surface area (Å²) in [5, 5.41) is 3.63. The molecule has 0 aliphatic heterocycles. The van der Waals surface area contributed by atoms with Crippen LogP contribution in [0.1, 0.15) is 22.3 Å². The van der Waals surface area contributed by atoms with Gasteiger partial charge in [-0.15, -0.1) is 0 Å². The molecular weight excluding hydrogens is 330 g/mol. The van der Waals surface area contributed by atoms with Gasteiger partial charge in [-0.2, -0.15) is 0 Å². The van der Waals surface area contributed by atoms with E-state index in [1.807, 2.05) is 51.1 Å². The fourth-order valence-electron chi connectivity index (χ4n) is 2.78. The van der Waals surface area contributed by atoms with Crippen molar-refractivity contribution >= 4 is 28.5 Å². The summed E-state index contributed by atoms with van der Waals surface area (Å²) in [6, 6.07) is 11.4. The first-order valence-electron chi connectivity index (χ1n) is 8.43. The molecule has 0 bridgehead atoms. The molecule has 3 rings (SSSR count). The van der Waals surface area contributed by atoms with Crippen LogP contribution >= 0.6 is 0 Å². The monoisotopic (exact) mass is 351 g/mol. The van der Waals surface area contributed by atoms with Crippen molar-refractivity contribution in [3.8, 4) is 0 Å². The SMILES string of the molecule is Cc1ccccc1NC(=O)COC(=O)Cc1coc2c(C)c(C)ccc12. The molecule has 1 N–H and O–H groups in total. The van der Waals surface area contributed by atoms with Crippen molar-refractivity contribution in [2.24, 2.45) is 0 Å². The minimum absolute atomic E-state index is 0.0626. The van der Waals surface area contributed by atoms with Crippen molar-refractivity contribution in [3.05, 3.63) is 64.9 Å². The van der Waals surface area contributed by atoms with Gasteiger partial charge in [0.15, 0.2) is 6.61 Å². The Labute approximate surface area is 152 Å². The number of carbonyl (C=O) groups is 2. The van der Waals surface area contributed by atoms with Crippen LogP contribution in [0.15, 0.2) is 47.1 Å². The van der Waals surface area contributed by atoms with Gasteiger partial charge in [-0.3, -0.25) is 9.59 Å². The average Bonchev–Trinajstić information content (AvgIpc) is 3.02. The fourth-order valence-corrected chi connectivity index (χ4v) is 2.78. The summed E-state index contributed by atoms with van der Waals surface area (Å²) in [5.41, 5.74) is 5.38. The molecule has 0 aliphatic carbocycles. The second kappa shape index (κ2) is 7.44.